The van der Waals surface area contributed by atoms with Gasteiger partial charge in [-0.15, -0.1) is 0 Å². The number of aromatic hydroxyl groups is 3. The summed E-state index contributed by atoms with van der Waals surface area (Å²) in [4.78, 5) is 31.8. The van der Waals surface area contributed by atoms with Crippen LogP contribution in [0.15, 0.2) is 64.6 Å². The van der Waals surface area contributed by atoms with Gasteiger partial charge in [0.15, 0.2) is 5.75 Å². The summed E-state index contributed by atoms with van der Waals surface area (Å²) in [7, 11) is 0. The van der Waals surface area contributed by atoms with Crippen LogP contribution in [-0.4, -0.2) is 20.4 Å². The van der Waals surface area contributed by atoms with Crippen molar-refractivity contribution in [3.63, 3.8) is 0 Å². The molecule has 0 radical (unpaired) electrons. The van der Waals surface area contributed by atoms with Gasteiger partial charge in [0, 0.05) is 24.6 Å². The lowest BCUT2D eigenvalue weighted by molar-refractivity contribution is 0.241. The van der Waals surface area contributed by atoms with E-state index in [9.17, 15) is 14.4 Å². The summed E-state index contributed by atoms with van der Waals surface area (Å²) in [5, 5.41) is 34.9. The molecule has 3 rings (SSSR count). The van der Waals surface area contributed by atoms with Crippen LogP contribution in [0.1, 0.15) is 24.2 Å². The standard InChI is InChI=1S/C7H8O3.C6H6O4.C6H6O3/c1-2-6-7(9)5(8)3-4-10-6;7-2-4-1-5(8)6(9)3-10-4;1-4-6(8)5(7)2-3-9-4/h3-4,9H,2H2,1H3;1,3,7,9H,2H2;2-3,8H,1H3. The van der Waals surface area contributed by atoms with Crippen LogP contribution in [0.25, 0.3) is 0 Å². The van der Waals surface area contributed by atoms with E-state index in [1.807, 2.05) is 0 Å². The highest BCUT2D eigenvalue weighted by Gasteiger charge is 2.03. The Morgan fingerprint density at radius 2 is 1.45 bits per heavy atom. The van der Waals surface area contributed by atoms with Crippen molar-refractivity contribution in [2.75, 3.05) is 0 Å². The van der Waals surface area contributed by atoms with Crippen molar-refractivity contribution in [1.29, 1.82) is 0 Å². The van der Waals surface area contributed by atoms with E-state index in [0.717, 1.165) is 12.3 Å². The number of aliphatic hydroxyl groups excluding tert-OH is 1. The van der Waals surface area contributed by atoms with Gasteiger partial charge in [-0.25, -0.2) is 0 Å². The molecule has 0 saturated carbocycles. The molecule has 0 aromatic carbocycles. The highest BCUT2D eigenvalue weighted by Crippen LogP contribution is 2.09. The van der Waals surface area contributed by atoms with Gasteiger partial charge >= 0.3 is 0 Å². The number of hydrogen-bond donors (Lipinski definition) is 4. The summed E-state index contributed by atoms with van der Waals surface area (Å²) in [6, 6.07) is 3.39. The fourth-order valence-electron chi connectivity index (χ4n) is 1.73. The van der Waals surface area contributed by atoms with Crippen molar-refractivity contribution in [3.8, 4) is 17.2 Å². The second-order valence-electron chi connectivity index (χ2n) is 5.35. The largest absolute Gasteiger partial charge is 0.502 e. The molecule has 10 heteroatoms. The first-order valence-corrected chi connectivity index (χ1v) is 8.19. The Morgan fingerprint density at radius 3 is 1.90 bits per heavy atom. The van der Waals surface area contributed by atoms with Crippen LogP contribution in [-0.2, 0) is 13.0 Å². The van der Waals surface area contributed by atoms with Crippen LogP contribution >= 0.6 is 0 Å². The third kappa shape index (κ3) is 7.03. The quantitative estimate of drug-likeness (QED) is 0.485. The van der Waals surface area contributed by atoms with E-state index in [4.69, 9.17) is 24.8 Å². The molecule has 0 bridgehead atoms. The van der Waals surface area contributed by atoms with Crippen molar-refractivity contribution in [2.24, 2.45) is 0 Å². The van der Waals surface area contributed by atoms with E-state index in [-0.39, 0.29) is 35.1 Å². The van der Waals surface area contributed by atoms with E-state index >= 15 is 0 Å². The Labute approximate surface area is 163 Å². The zero-order valence-corrected chi connectivity index (χ0v) is 15.6. The first-order valence-electron chi connectivity index (χ1n) is 8.19. The van der Waals surface area contributed by atoms with Crippen LogP contribution in [0.2, 0.25) is 0 Å². The average molecular weight is 408 g/mol. The molecule has 3 aromatic heterocycles. The smallest absolute Gasteiger partial charge is 0.226 e. The zero-order chi connectivity index (χ0) is 22.0. The topological polar surface area (TPSA) is 172 Å². The van der Waals surface area contributed by atoms with E-state index in [1.54, 1.807) is 6.92 Å². The van der Waals surface area contributed by atoms with Crippen molar-refractivity contribution >= 4 is 0 Å². The van der Waals surface area contributed by atoms with E-state index in [1.165, 1.54) is 31.6 Å². The maximum atomic E-state index is 10.7. The number of aliphatic hydroxyl groups is 1. The van der Waals surface area contributed by atoms with Crippen molar-refractivity contribution in [3.05, 3.63) is 84.9 Å². The minimum atomic E-state index is -0.546. The predicted molar refractivity (Wildman–Crippen MR) is 100.0 cm³/mol. The van der Waals surface area contributed by atoms with E-state index < -0.39 is 16.6 Å². The van der Waals surface area contributed by atoms with Crippen molar-refractivity contribution in [2.45, 2.75) is 26.9 Å². The number of aryl methyl sites for hydroxylation is 2. The highest BCUT2D eigenvalue weighted by molar-refractivity contribution is 5.22. The first kappa shape index (κ1) is 23.2. The molecule has 156 valence electrons. The monoisotopic (exact) mass is 408 g/mol. The minimum Gasteiger partial charge on any atom is -0.502 e. The number of rotatable bonds is 2. The maximum Gasteiger partial charge on any atom is 0.226 e. The molecule has 4 N–H and O–H groups in total. The summed E-state index contributed by atoms with van der Waals surface area (Å²) in [5.74, 6) is -0.294. The Balaban J connectivity index is 0.000000218. The fourth-order valence-corrected chi connectivity index (χ4v) is 1.73. The van der Waals surface area contributed by atoms with Gasteiger partial charge < -0.3 is 33.7 Å². The Kier molecular flexibility index (Phi) is 8.93. The van der Waals surface area contributed by atoms with Gasteiger partial charge in [0.1, 0.15) is 30.2 Å². The van der Waals surface area contributed by atoms with Gasteiger partial charge in [0.2, 0.25) is 27.8 Å². The van der Waals surface area contributed by atoms with Gasteiger partial charge in [0.05, 0.1) is 12.5 Å². The van der Waals surface area contributed by atoms with Gasteiger partial charge in [-0.1, -0.05) is 6.92 Å². The lowest BCUT2D eigenvalue weighted by atomic mass is 10.3. The van der Waals surface area contributed by atoms with Gasteiger partial charge in [0.25, 0.3) is 0 Å². The molecule has 0 unspecified atom stereocenters. The summed E-state index contributed by atoms with van der Waals surface area (Å²) in [6.45, 7) is 2.99. The molecule has 0 amide bonds. The molecule has 0 atom stereocenters. The van der Waals surface area contributed by atoms with Gasteiger partial charge in [-0.2, -0.15) is 0 Å². The van der Waals surface area contributed by atoms with Crippen LogP contribution < -0.4 is 16.3 Å². The van der Waals surface area contributed by atoms with Crippen LogP contribution in [0.3, 0.4) is 0 Å². The zero-order valence-electron chi connectivity index (χ0n) is 15.6. The van der Waals surface area contributed by atoms with Gasteiger partial charge in [-0.05, 0) is 6.92 Å². The predicted octanol–water partition coefficient (Wildman–Crippen LogP) is 1.40. The maximum absolute atomic E-state index is 10.7. The molecule has 0 spiro atoms. The highest BCUT2D eigenvalue weighted by atomic mass is 16.4. The third-order valence-corrected chi connectivity index (χ3v) is 3.30. The molecule has 0 aliphatic carbocycles. The molecular weight excluding hydrogens is 388 g/mol. The molecule has 0 aliphatic rings. The van der Waals surface area contributed by atoms with Crippen molar-refractivity contribution in [1.82, 2.24) is 0 Å². The minimum absolute atomic E-state index is 0.141. The molecule has 29 heavy (non-hydrogen) atoms. The molecule has 0 aliphatic heterocycles. The summed E-state index contributed by atoms with van der Waals surface area (Å²) in [5.41, 5.74) is -1.34. The lowest BCUT2D eigenvalue weighted by Crippen LogP contribution is -1.99. The molecule has 0 fully saturated rings. The summed E-state index contributed by atoms with van der Waals surface area (Å²) >= 11 is 0. The number of hydrogen-bond acceptors (Lipinski definition) is 10. The second-order valence-corrected chi connectivity index (χ2v) is 5.35. The van der Waals surface area contributed by atoms with Gasteiger partial charge in [-0.3, -0.25) is 14.4 Å². The fraction of sp³-hybridized carbons (Fsp3) is 0.211. The SMILES string of the molecule is CCc1occc(=O)c1O.Cc1occc(=O)c1O.O=c1cc(CO)occ1O. The van der Waals surface area contributed by atoms with E-state index in [0.29, 0.717) is 12.2 Å². The Hall–Kier alpha value is -3.79. The normalized spacial score (nSPS) is 9.62. The van der Waals surface area contributed by atoms with E-state index in [2.05, 4.69) is 8.83 Å². The average Bonchev–Trinajstić information content (AvgIpc) is 2.71. The Morgan fingerprint density at radius 1 is 0.862 bits per heavy atom. The molecular formula is C19H20O10. The second kappa shape index (κ2) is 11.1. The molecule has 3 heterocycles. The third-order valence-electron chi connectivity index (χ3n) is 3.30. The summed E-state index contributed by atoms with van der Waals surface area (Å²) < 4.78 is 14.1. The van der Waals surface area contributed by atoms with Crippen LogP contribution in [0, 0.1) is 6.92 Å². The molecule has 0 saturated heterocycles. The van der Waals surface area contributed by atoms with Crippen LogP contribution in [0.5, 0.6) is 17.2 Å². The lowest BCUT2D eigenvalue weighted by Gasteiger charge is -1.95. The Bertz CT molecular complexity index is 1090. The van der Waals surface area contributed by atoms with Crippen molar-refractivity contribution < 1.29 is 33.7 Å². The van der Waals surface area contributed by atoms with Crippen LogP contribution in [0.4, 0.5) is 0 Å². The first-order chi connectivity index (χ1) is 13.7. The molecule has 10 nitrogen and oxygen atoms in total. The molecule has 3 aromatic rings. The summed E-state index contributed by atoms with van der Waals surface area (Å²) in [6.07, 6.45) is 3.95.